The third-order valence-electron chi connectivity index (χ3n) is 2.95. The van der Waals surface area contributed by atoms with Gasteiger partial charge in [-0.2, -0.15) is 0 Å². The van der Waals surface area contributed by atoms with Gasteiger partial charge in [0.2, 0.25) is 0 Å². The molecular formula is C11H21N3O. The molecule has 0 bridgehead atoms. The van der Waals surface area contributed by atoms with Crippen LogP contribution in [0.25, 0.3) is 0 Å². The van der Waals surface area contributed by atoms with Crippen molar-refractivity contribution in [1.29, 1.82) is 0 Å². The second-order valence-electron chi connectivity index (χ2n) is 4.30. The Morgan fingerprint density at radius 3 is 2.60 bits per heavy atom. The van der Waals surface area contributed by atoms with Crippen LogP contribution in [0.2, 0.25) is 0 Å². The van der Waals surface area contributed by atoms with Crippen LogP contribution >= 0.6 is 0 Å². The van der Waals surface area contributed by atoms with E-state index in [0.717, 1.165) is 52.4 Å². The lowest BCUT2D eigenvalue weighted by Gasteiger charge is -2.27. The summed E-state index contributed by atoms with van der Waals surface area (Å²) in [7, 11) is 0. The fourth-order valence-corrected chi connectivity index (χ4v) is 2.14. The Kier molecular flexibility index (Phi) is 4.14. The molecule has 4 nitrogen and oxygen atoms in total. The molecule has 2 N–H and O–H groups in total. The Hall–Kier alpha value is -0.420. The van der Waals surface area contributed by atoms with Crippen LogP contribution < -0.4 is 10.6 Å². The quantitative estimate of drug-likeness (QED) is 0.631. The van der Waals surface area contributed by atoms with Gasteiger partial charge in [-0.25, -0.2) is 0 Å². The van der Waals surface area contributed by atoms with Gasteiger partial charge in [0.05, 0.1) is 19.4 Å². The summed E-state index contributed by atoms with van der Waals surface area (Å²) in [6.07, 6.45) is 1.48. The highest BCUT2D eigenvalue weighted by molar-refractivity contribution is 5.01. The molecule has 0 aromatic rings. The number of ether oxygens (including phenoxy) is 1. The molecule has 2 fully saturated rings. The van der Waals surface area contributed by atoms with Crippen molar-refractivity contribution in [3.63, 3.8) is 0 Å². The van der Waals surface area contributed by atoms with Crippen molar-refractivity contribution >= 4 is 0 Å². The van der Waals surface area contributed by atoms with Crippen molar-refractivity contribution in [1.82, 2.24) is 15.5 Å². The van der Waals surface area contributed by atoms with E-state index in [4.69, 9.17) is 4.74 Å². The van der Waals surface area contributed by atoms with Crippen LogP contribution in [0.3, 0.4) is 0 Å². The van der Waals surface area contributed by atoms with Gasteiger partial charge in [-0.3, -0.25) is 4.90 Å². The summed E-state index contributed by atoms with van der Waals surface area (Å²) in [5.41, 5.74) is 1.31. The largest absolute Gasteiger partial charge is 0.379 e. The molecule has 0 amide bonds. The first kappa shape index (κ1) is 11.1. The van der Waals surface area contributed by atoms with E-state index in [2.05, 4.69) is 22.1 Å². The van der Waals surface area contributed by atoms with Crippen molar-refractivity contribution < 1.29 is 4.74 Å². The van der Waals surface area contributed by atoms with Gasteiger partial charge in [0, 0.05) is 32.7 Å². The zero-order valence-corrected chi connectivity index (χ0v) is 9.30. The summed E-state index contributed by atoms with van der Waals surface area (Å²) in [5.74, 6) is 0. The first-order valence-corrected chi connectivity index (χ1v) is 5.78. The lowest BCUT2D eigenvalue weighted by molar-refractivity contribution is 0.0419. The second-order valence-corrected chi connectivity index (χ2v) is 4.30. The van der Waals surface area contributed by atoms with Crippen LogP contribution in [0.15, 0.2) is 12.2 Å². The maximum Gasteiger partial charge on any atom is 0.0611 e. The number of hydrogen-bond acceptors (Lipinski definition) is 4. The third kappa shape index (κ3) is 3.57. The van der Waals surface area contributed by atoms with Gasteiger partial charge in [-0.05, 0) is 6.42 Å². The van der Waals surface area contributed by atoms with Crippen molar-refractivity contribution in [2.45, 2.75) is 12.6 Å². The van der Waals surface area contributed by atoms with Gasteiger partial charge in [-0.1, -0.05) is 12.2 Å². The number of nitrogens with one attached hydrogen (secondary N) is 2. The zero-order chi connectivity index (χ0) is 10.5. The number of hydrogen-bond donors (Lipinski definition) is 2. The number of morpholine rings is 1. The SMILES string of the molecule is C=C(CC1NCCN1)CN1CCOCC1. The standard InChI is InChI=1S/C11H21N3O/c1-10(8-11-12-2-3-13-11)9-14-4-6-15-7-5-14/h11-13H,1-9H2. The molecule has 2 rings (SSSR count). The summed E-state index contributed by atoms with van der Waals surface area (Å²) in [6.45, 7) is 11.2. The molecule has 0 unspecified atom stereocenters. The molecule has 0 saturated carbocycles. The lowest BCUT2D eigenvalue weighted by atomic mass is 10.1. The summed E-state index contributed by atoms with van der Waals surface area (Å²) in [5, 5.41) is 6.82. The minimum absolute atomic E-state index is 0.443. The van der Waals surface area contributed by atoms with E-state index in [1.165, 1.54) is 5.57 Å². The fraction of sp³-hybridized carbons (Fsp3) is 0.818. The highest BCUT2D eigenvalue weighted by Crippen LogP contribution is 2.07. The zero-order valence-electron chi connectivity index (χ0n) is 9.30. The predicted molar refractivity (Wildman–Crippen MR) is 60.8 cm³/mol. The van der Waals surface area contributed by atoms with E-state index in [-0.39, 0.29) is 0 Å². The van der Waals surface area contributed by atoms with Crippen LogP contribution in [0, 0.1) is 0 Å². The monoisotopic (exact) mass is 211 g/mol. The molecule has 0 atom stereocenters. The van der Waals surface area contributed by atoms with Gasteiger partial charge < -0.3 is 15.4 Å². The molecule has 2 saturated heterocycles. The Morgan fingerprint density at radius 2 is 1.93 bits per heavy atom. The van der Waals surface area contributed by atoms with Gasteiger partial charge in [0.1, 0.15) is 0 Å². The van der Waals surface area contributed by atoms with E-state index in [0.29, 0.717) is 6.17 Å². The van der Waals surface area contributed by atoms with Crippen LogP contribution in [-0.2, 0) is 4.74 Å². The molecule has 0 aromatic heterocycles. The van der Waals surface area contributed by atoms with Gasteiger partial charge in [-0.15, -0.1) is 0 Å². The highest BCUT2D eigenvalue weighted by atomic mass is 16.5. The fourth-order valence-electron chi connectivity index (χ4n) is 2.14. The summed E-state index contributed by atoms with van der Waals surface area (Å²) < 4.78 is 5.32. The first-order valence-electron chi connectivity index (χ1n) is 5.78. The maximum atomic E-state index is 5.32. The molecule has 0 aliphatic carbocycles. The molecule has 2 heterocycles. The van der Waals surface area contributed by atoms with E-state index in [9.17, 15) is 0 Å². The molecule has 2 aliphatic heterocycles. The van der Waals surface area contributed by atoms with Crippen molar-refractivity contribution in [2.24, 2.45) is 0 Å². The Balaban J connectivity index is 1.66. The molecular weight excluding hydrogens is 190 g/mol. The first-order chi connectivity index (χ1) is 7.34. The molecule has 0 spiro atoms. The molecule has 0 radical (unpaired) electrons. The van der Waals surface area contributed by atoms with E-state index in [1.54, 1.807) is 0 Å². The van der Waals surface area contributed by atoms with E-state index < -0.39 is 0 Å². The van der Waals surface area contributed by atoms with Crippen LogP contribution in [-0.4, -0.2) is 57.0 Å². The van der Waals surface area contributed by atoms with Crippen LogP contribution in [0.4, 0.5) is 0 Å². The Bertz CT molecular complexity index is 208. The average Bonchev–Trinajstić information content (AvgIpc) is 2.71. The smallest absolute Gasteiger partial charge is 0.0611 e. The maximum absolute atomic E-state index is 5.32. The number of nitrogens with zero attached hydrogens (tertiary/aromatic N) is 1. The van der Waals surface area contributed by atoms with Crippen LogP contribution in [0.1, 0.15) is 6.42 Å². The summed E-state index contributed by atoms with van der Waals surface area (Å²) in [4.78, 5) is 2.42. The highest BCUT2D eigenvalue weighted by Gasteiger charge is 2.16. The molecule has 86 valence electrons. The summed E-state index contributed by atoms with van der Waals surface area (Å²) >= 11 is 0. The Labute approximate surface area is 91.7 Å². The lowest BCUT2D eigenvalue weighted by Crippen LogP contribution is -2.39. The molecule has 0 aromatic carbocycles. The third-order valence-corrected chi connectivity index (χ3v) is 2.95. The summed E-state index contributed by atoms with van der Waals surface area (Å²) in [6, 6.07) is 0. The van der Waals surface area contributed by atoms with Crippen molar-refractivity contribution in [2.75, 3.05) is 45.9 Å². The van der Waals surface area contributed by atoms with E-state index in [1.807, 2.05) is 0 Å². The van der Waals surface area contributed by atoms with E-state index >= 15 is 0 Å². The molecule has 4 heteroatoms. The predicted octanol–water partition coefficient (Wildman–Crippen LogP) is -0.216. The number of rotatable bonds is 4. The topological polar surface area (TPSA) is 36.5 Å². The molecule has 2 aliphatic rings. The molecule has 15 heavy (non-hydrogen) atoms. The van der Waals surface area contributed by atoms with Gasteiger partial charge >= 0.3 is 0 Å². The minimum Gasteiger partial charge on any atom is -0.379 e. The van der Waals surface area contributed by atoms with Crippen molar-refractivity contribution in [3.8, 4) is 0 Å². The average molecular weight is 211 g/mol. The van der Waals surface area contributed by atoms with Crippen molar-refractivity contribution in [3.05, 3.63) is 12.2 Å². The minimum atomic E-state index is 0.443. The van der Waals surface area contributed by atoms with Crippen LogP contribution in [0.5, 0.6) is 0 Å². The second kappa shape index (κ2) is 5.61. The van der Waals surface area contributed by atoms with Gasteiger partial charge in [0.25, 0.3) is 0 Å². The normalized spacial score (nSPS) is 24.5. The Morgan fingerprint density at radius 1 is 1.27 bits per heavy atom. The van der Waals surface area contributed by atoms with Gasteiger partial charge in [0.15, 0.2) is 0 Å².